The number of ether oxygens (including phenoxy) is 1. The van der Waals surface area contributed by atoms with Crippen LogP contribution in [0.4, 0.5) is 5.82 Å². The maximum Gasteiger partial charge on any atom is 0.330 e. The Kier molecular flexibility index (Phi) is 3.78. The van der Waals surface area contributed by atoms with Crippen LogP contribution in [-0.4, -0.2) is 44.5 Å². The van der Waals surface area contributed by atoms with Crippen molar-refractivity contribution >= 4 is 28.9 Å². The fourth-order valence-corrected chi connectivity index (χ4v) is 1.80. The highest BCUT2D eigenvalue weighted by atomic mass is 16.5. The lowest BCUT2D eigenvalue weighted by molar-refractivity contribution is -0.145. The molecule has 106 valence electrons. The van der Waals surface area contributed by atoms with E-state index in [1.165, 1.54) is 26.7 Å². The summed E-state index contributed by atoms with van der Waals surface area (Å²) in [5.74, 6) is -0.633. The van der Waals surface area contributed by atoms with Gasteiger partial charge in [0.2, 0.25) is 5.91 Å². The zero-order valence-corrected chi connectivity index (χ0v) is 11.0. The highest BCUT2D eigenvalue weighted by molar-refractivity contribution is 5.84. The first-order valence-corrected chi connectivity index (χ1v) is 5.79. The molecule has 20 heavy (non-hydrogen) atoms. The molecule has 0 saturated heterocycles. The van der Waals surface area contributed by atoms with Crippen molar-refractivity contribution in [2.45, 2.75) is 19.5 Å². The molecule has 0 saturated carbocycles. The molecule has 1 atom stereocenters. The average molecular weight is 278 g/mol. The number of nitrogens with one attached hydrogen (secondary N) is 1. The van der Waals surface area contributed by atoms with Gasteiger partial charge in [0.25, 0.3) is 0 Å². The third-order valence-electron chi connectivity index (χ3n) is 2.67. The summed E-state index contributed by atoms with van der Waals surface area (Å²) < 4.78 is 6.26. The molecule has 1 amide bonds. The fraction of sp³-hybridized carbons (Fsp3) is 0.364. The first-order chi connectivity index (χ1) is 9.52. The average Bonchev–Trinajstić information content (AvgIpc) is 2.81. The van der Waals surface area contributed by atoms with Gasteiger partial charge in [-0.3, -0.25) is 4.79 Å². The molecule has 0 bridgehead atoms. The van der Waals surface area contributed by atoms with Gasteiger partial charge in [0, 0.05) is 6.92 Å². The molecule has 3 N–H and O–H groups in total. The van der Waals surface area contributed by atoms with Gasteiger partial charge in [-0.1, -0.05) is 0 Å². The van der Waals surface area contributed by atoms with E-state index in [-0.39, 0.29) is 18.3 Å². The number of nitrogens with two attached hydrogens (primary N) is 1. The number of imidazole rings is 1. The van der Waals surface area contributed by atoms with Crippen molar-refractivity contribution in [2.24, 2.45) is 0 Å². The molecule has 2 heterocycles. The second-order valence-corrected chi connectivity index (χ2v) is 4.10. The predicted octanol–water partition coefficient (Wildman–Crippen LogP) is -0.914. The van der Waals surface area contributed by atoms with Crippen molar-refractivity contribution in [2.75, 3.05) is 12.8 Å². The van der Waals surface area contributed by atoms with E-state index in [2.05, 4.69) is 25.0 Å². The smallest absolute Gasteiger partial charge is 0.330 e. The third-order valence-corrected chi connectivity index (χ3v) is 2.67. The topological polar surface area (TPSA) is 125 Å². The van der Waals surface area contributed by atoms with Crippen molar-refractivity contribution in [3.05, 3.63) is 12.7 Å². The third kappa shape index (κ3) is 2.66. The molecule has 0 spiro atoms. The van der Waals surface area contributed by atoms with E-state index in [0.29, 0.717) is 11.2 Å². The van der Waals surface area contributed by atoms with Crippen LogP contribution in [-0.2, 0) is 20.9 Å². The summed E-state index contributed by atoms with van der Waals surface area (Å²) in [5, 5.41) is 2.51. The van der Waals surface area contributed by atoms with Crippen LogP contribution in [0.15, 0.2) is 12.7 Å². The molecule has 9 nitrogen and oxygen atoms in total. The second-order valence-electron chi connectivity index (χ2n) is 4.10. The largest absolute Gasteiger partial charge is 0.467 e. The highest BCUT2D eigenvalue weighted by Crippen LogP contribution is 2.14. The van der Waals surface area contributed by atoms with E-state index < -0.39 is 12.0 Å². The van der Waals surface area contributed by atoms with E-state index in [1.807, 2.05) is 0 Å². The molecule has 9 heteroatoms. The number of aromatic nitrogens is 4. The predicted molar refractivity (Wildman–Crippen MR) is 69.4 cm³/mol. The summed E-state index contributed by atoms with van der Waals surface area (Å²) >= 11 is 0. The maximum atomic E-state index is 11.6. The monoisotopic (exact) mass is 278 g/mol. The number of carbonyl (C=O) groups is 2. The fourth-order valence-electron chi connectivity index (χ4n) is 1.80. The summed E-state index contributed by atoms with van der Waals surface area (Å²) in [7, 11) is 1.25. The Morgan fingerprint density at radius 2 is 2.20 bits per heavy atom. The molecule has 0 aromatic carbocycles. The van der Waals surface area contributed by atoms with Gasteiger partial charge in [0.05, 0.1) is 20.0 Å². The minimum atomic E-state index is -0.828. The van der Waals surface area contributed by atoms with Crippen molar-refractivity contribution in [3.63, 3.8) is 0 Å². The van der Waals surface area contributed by atoms with Crippen molar-refractivity contribution in [1.29, 1.82) is 0 Å². The van der Waals surface area contributed by atoms with Gasteiger partial charge >= 0.3 is 5.97 Å². The first-order valence-electron chi connectivity index (χ1n) is 5.79. The van der Waals surface area contributed by atoms with Crippen molar-refractivity contribution < 1.29 is 14.3 Å². The van der Waals surface area contributed by atoms with Gasteiger partial charge in [0.15, 0.2) is 11.5 Å². The summed E-state index contributed by atoms with van der Waals surface area (Å²) in [6, 6.07) is -0.828. The van der Waals surface area contributed by atoms with Crippen LogP contribution in [0.3, 0.4) is 0 Å². The van der Waals surface area contributed by atoms with E-state index in [9.17, 15) is 9.59 Å². The van der Waals surface area contributed by atoms with Crippen LogP contribution >= 0.6 is 0 Å². The van der Waals surface area contributed by atoms with Crippen LogP contribution < -0.4 is 11.1 Å². The van der Waals surface area contributed by atoms with E-state index in [0.717, 1.165) is 0 Å². The molecular formula is C11H14N6O3. The van der Waals surface area contributed by atoms with E-state index in [4.69, 9.17) is 5.73 Å². The van der Waals surface area contributed by atoms with Gasteiger partial charge in [-0.25, -0.2) is 19.7 Å². The summed E-state index contributed by atoms with van der Waals surface area (Å²) in [6.45, 7) is 1.46. The number of nitrogen functional groups attached to an aromatic ring is 1. The zero-order chi connectivity index (χ0) is 14.7. The number of carbonyl (C=O) groups excluding carboxylic acids is 2. The Labute approximate surface area is 114 Å². The molecule has 2 aromatic rings. The molecule has 0 radical (unpaired) electrons. The van der Waals surface area contributed by atoms with Gasteiger partial charge in [-0.15, -0.1) is 0 Å². The van der Waals surface area contributed by atoms with Crippen molar-refractivity contribution in [3.8, 4) is 0 Å². The minimum Gasteiger partial charge on any atom is -0.467 e. The zero-order valence-electron chi connectivity index (χ0n) is 11.0. The number of rotatable bonds is 4. The lowest BCUT2D eigenvalue weighted by atomic mass is 10.3. The number of anilines is 1. The van der Waals surface area contributed by atoms with Crippen LogP contribution in [0, 0.1) is 0 Å². The molecular weight excluding hydrogens is 264 g/mol. The van der Waals surface area contributed by atoms with Gasteiger partial charge in [0.1, 0.15) is 17.9 Å². The molecule has 0 fully saturated rings. The lowest BCUT2D eigenvalue weighted by Crippen LogP contribution is -2.43. The molecule has 2 aromatic heterocycles. The standard InChI is InChI=1S/C11H14N6O3/c1-6(18)16-7(11(19)20-2)3-17-5-15-8-9(12)13-4-14-10(8)17/h4-5,7H,3H2,1-2H3,(H,16,18)(H2,12,13,14). The van der Waals surface area contributed by atoms with E-state index in [1.54, 1.807) is 4.57 Å². The number of hydrogen-bond acceptors (Lipinski definition) is 7. The number of fused-ring (bicyclic) bond motifs is 1. The Bertz CT molecular complexity index is 653. The normalized spacial score (nSPS) is 12.1. The van der Waals surface area contributed by atoms with E-state index >= 15 is 0 Å². The van der Waals surface area contributed by atoms with Gasteiger partial charge in [-0.05, 0) is 0 Å². The number of methoxy groups -OCH3 is 1. The number of amides is 1. The Balaban J connectivity index is 2.31. The number of nitrogens with zero attached hydrogens (tertiary/aromatic N) is 4. The van der Waals surface area contributed by atoms with Crippen molar-refractivity contribution in [1.82, 2.24) is 24.8 Å². The molecule has 0 aliphatic heterocycles. The Morgan fingerprint density at radius 3 is 2.85 bits per heavy atom. The minimum absolute atomic E-state index is 0.138. The first kappa shape index (κ1) is 13.7. The van der Waals surface area contributed by atoms with Crippen LogP contribution in [0.5, 0.6) is 0 Å². The number of esters is 1. The second kappa shape index (κ2) is 5.51. The summed E-state index contributed by atoms with van der Waals surface area (Å²) in [6.07, 6.45) is 2.79. The summed E-state index contributed by atoms with van der Waals surface area (Å²) in [4.78, 5) is 34.8. The van der Waals surface area contributed by atoms with Gasteiger partial charge < -0.3 is 20.4 Å². The Morgan fingerprint density at radius 1 is 1.45 bits per heavy atom. The SMILES string of the molecule is COC(=O)C(Cn1cnc2c(N)ncnc21)NC(C)=O. The van der Waals surface area contributed by atoms with Crippen LogP contribution in [0.25, 0.3) is 11.2 Å². The molecule has 0 aliphatic carbocycles. The molecule has 1 unspecified atom stereocenters. The molecule has 0 aliphatic rings. The number of hydrogen-bond donors (Lipinski definition) is 2. The Hall–Kier alpha value is -2.71. The lowest BCUT2D eigenvalue weighted by Gasteiger charge is -2.16. The van der Waals surface area contributed by atoms with Crippen LogP contribution in [0.1, 0.15) is 6.92 Å². The van der Waals surface area contributed by atoms with Gasteiger partial charge in [-0.2, -0.15) is 0 Å². The maximum absolute atomic E-state index is 11.6. The molecule has 2 rings (SSSR count). The highest BCUT2D eigenvalue weighted by Gasteiger charge is 2.22. The quantitative estimate of drug-likeness (QED) is 0.693. The summed E-state index contributed by atoms with van der Waals surface area (Å²) in [5.41, 5.74) is 6.61. The van der Waals surface area contributed by atoms with Crippen LogP contribution in [0.2, 0.25) is 0 Å².